The van der Waals surface area contributed by atoms with E-state index in [1.165, 1.54) is 6.07 Å². The van der Waals surface area contributed by atoms with Crippen molar-refractivity contribution in [2.75, 3.05) is 7.05 Å². The average Bonchev–Trinajstić information content (AvgIpc) is 2.77. The molecule has 2 aromatic rings. The lowest BCUT2D eigenvalue weighted by molar-refractivity contribution is 0.532. The Morgan fingerprint density at radius 1 is 1.50 bits per heavy atom. The van der Waals surface area contributed by atoms with Crippen LogP contribution in [0.2, 0.25) is 5.02 Å². The van der Waals surface area contributed by atoms with E-state index in [4.69, 9.17) is 11.6 Å². The smallest absolute Gasteiger partial charge is 0.137 e. The standard InChI is InChI=1S/C14H16BrClFN3/c1-3-6-20-14(11(16)8-19-20)13(18-2)9-4-5-10(15)12(17)7-9/h4-5,7-8,13,18H,3,6H2,1-2H3. The first-order valence-corrected chi connectivity index (χ1v) is 7.59. The normalized spacial score (nSPS) is 12.7. The molecule has 3 nitrogen and oxygen atoms in total. The van der Waals surface area contributed by atoms with Crippen LogP contribution in [0.4, 0.5) is 4.39 Å². The Hall–Kier alpha value is -0.910. The predicted octanol–water partition coefficient (Wildman–Crippen LogP) is 4.16. The van der Waals surface area contributed by atoms with E-state index in [0.29, 0.717) is 9.50 Å². The van der Waals surface area contributed by atoms with Crippen LogP contribution in [-0.4, -0.2) is 16.8 Å². The molecular weight excluding hydrogens is 345 g/mol. The van der Waals surface area contributed by atoms with Crippen LogP contribution in [0.3, 0.4) is 0 Å². The van der Waals surface area contributed by atoms with Gasteiger partial charge in [-0.15, -0.1) is 0 Å². The molecular formula is C14H16BrClFN3. The molecule has 0 saturated heterocycles. The molecule has 20 heavy (non-hydrogen) atoms. The molecule has 0 saturated carbocycles. The van der Waals surface area contributed by atoms with Crippen molar-refractivity contribution in [1.29, 1.82) is 0 Å². The number of halogens is 3. The van der Waals surface area contributed by atoms with E-state index in [2.05, 4.69) is 33.3 Å². The van der Waals surface area contributed by atoms with Crippen LogP contribution in [-0.2, 0) is 6.54 Å². The highest BCUT2D eigenvalue weighted by Gasteiger charge is 2.21. The van der Waals surface area contributed by atoms with Gasteiger partial charge in [-0.05, 0) is 47.1 Å². The van der Waals surface area contributed by atoms with Crippen molar-refractivity contribution in [2.45, 2.75) is 25.9 Å². The summed E-state index contributed by atoms with van der Waals surface area (Å²) in [7, 11) is 1.82. The van der Waals surface area contributed by atoms with Crippen molar-refractivity contribution in [3.05, 3.63) is 51.0 Å². The number of hydrogen-bond acceptors (Lipinski definition) is 2. The lowest BCUT2D eigenvalue weighted by Gasteiger charge is -2.19. The maximum atomic E-state index is 13.7. The third kappa shape index (κ3) is 3.05. The molecule has 0 aliphatic carbocycles. The van der Waals surface area contributed by atoms with E-state index in [1.807, 2.05) is 17.8 Å². The van der Waals surface area contributed by atoms with Gasteiger partial charge in [-0.25, -0.2) is 4.39 Å². The minimum Gasteiger partial charge on any atom is -0.308 e. The molecule has 1 aromatic heterocycles. The van der Waals surface area contributed by atoms with Crippen LogP contribution in [0, 0.1) is 5.82 Å². The summed E-state index contributed by atoms with van der Waals surface area (Å²) in [6, 6.07) is 4.88. The molecule has 0 aliphatic rings. The lowest BCUT2D eigenvalue weighted by atomic mass is 10.0. The van der Waals surface area contributed by atoms with Crippen molar-refractivity contribution < 1.29 is 4.39 Å². The molecule has 1 atom stereocenters. The van der Waals surface area contributed by atoms with Gasteiger partial charge in [0.15, 0.2) is 0 Å². The monoisotopic (exact) mass is 359 g/mol. The Labute approximate surface area is 131 Å². The number of nitrogens with zero attached hydrogens (tertiary/aromatic N) is 2. The molecule has 0 amide bonds. The van der Waals surface area contributed by atoms with Crippen molar-refractivity contribution in [3.8, 4) is 0 Å². The molecule has 108 valence electrons. The quantitative estimate of drug-likeness (QED) is 0.868. The summed E-state index contributed by atoms with van der Waals surface area (Å²) in [6.07, 6.45) is 2.59. The van der Waals surface area contributed by atoms with Gasteiger partial charge in [0.05, 0.1) is 27.4 Å². The maximum Gasteiger partial charge on any atom is 0.137 e. The second-order valence-corrected chi connectivity index (χ2v) is 5.76. The van der Waals surface area contributed by atoms with E-state index in [1.54, 1.807) is 12.3 Å². The maximum absolute atomic E-state index is 13.7. The average molecular weight is 361 g/mol. The second-order valence-electron chi connectivity index (χ2n) is 4.50. The summed E-state index contributed by atoms with van der Waals surface area (Å²) in [4.78, 5) is 0. The van der Waals surface area contributed by atoms with Crippen LogP contribution in [0.1, 0.15) is 30.6 Å². The number of rotatable bonds is 5. The number of aryl methyl sites for hydroxylation is 1. The third-order valence-electron chi connectivity index (χ3n) is 3.11. The molecule has 0 bridgehead atoms. The van der Waals surface area contributed by atoms with Gasteiger partial charge in [0.25, 0.3) is 0 Å². The van der Waals surface area contributed by atoms with E-state index < -0.39 is 0 Å². The number of benzene rings is 1. The first-order valence-electron chi connectivity index (χ1n) is 6.41. The summed E-state index contributed by atoms with van der Waals surface area (Å²) >= 11 is 9.41. The van der Waals surface area contributed by atoms with Gasteiger partial charge >= 0.3 is 0 Å². The molecule has 1 aromatic carbocycles. The van der Waals surface area contributed by atoms with Crippen molar-refractivity contribution >= 4 is 27.5 Å². The highest BCUT2D eigenvalue weighted by Crippen LogP contribution is 2.30. The largest absolute Gasteiger partial charge is 0.308 e. The Bertz CT molecular complexity index is 600. The topological polar surface area (TPSA) is 29.9 Å². The van der Waals surface area contributed by atoms with Crippen LogP contribution in [0.25, 0.3) is 0 Å². The minimum absolute atomic E-state index is 0.195. The molecule has 0 spiro atoms. The summed E-state index contributed by atoms with van der Waals surface area (Å²) in [5, 5.41) is 8.05. The predicted molar refractivity (Wildman–Crippen MR) is 82.5 cm³/mol. The molecule has 0 aliphatic heterocycles. The Kier molecular flexibility index (Phi) is 5.18. The number of aromatic nitrogens is 2. The zero-order valence-corrected chi connectivity index (χ0v) is 13.7. The van der Waals surface area contributed by atoms with Gasteiger partial charge in [0.1, 0.15) is 5.82 Å². The van der Waals surface area contributed by atoms with Gasteiger partial charge in [-0.3, -0.25) is 4.68 Å². The number of hydrogen-bond donors (Lipinski definition) is 1. The second kappa shape index (κ2) is 6.70. The summed E-state index contributed by atoms with van der Waals surface area (Å²) in [5.41, 5.74) is 1.67. The van der Waals surface area contributed by atoms with Crippen LogP contribution >= 0.6 is 27.5 Å². The molecule has 0 fully saturated rings. The van der Waals surface area contributed by atoms with Gasteiger partial charge in [0.2, 0.25) is 0 Å². The summed E-state index contributed by atoms with van der Waals surface area (Å²) in [5.74, 6) is -0.291. The molecule has 1 unspecified atom stereocenters. The lowest BCUT2D eigenvalue weighted by Crippen LogP contribution is -2.22. The van der Waals surface area contributed by atoms with Crippen molar-refractivity contribution in [2.24, 2.45) is 0 Å². The molecule has 1 N–H and O–H groups in total. The Balaban J connectivity index is 2.46. The summed E-state index contributed by atoms with van der Waals surface area (Å²) in [6.45, 7) is 2.85. The van der Waals surface area contributed by atoms with E-state index in [9.17, 15) is 4.39 Å². The molecule has 0 radical (unpaired) electrons. The zero-order valence-electron chi connectivity index (χ0n) is 11.3. The van der Waals surface area contributed by atoms with Crippen molar-refractivity contribution in [3.63, 3.8) is 0 Å². The van der Waals surface area contributed by atoms with Crippen LogP contribution in [0.15, 0.2) is 28.9 Å². The van der Waals surface area contributed by atoms with Gasteiger partial charge in [-0.1, -0.05) is 24.6 Å². The fraction of sp³-hybridized carbons (Fsp3) is 0.357. The third-order valence-corrected chi connectivity index (χ3v) is 4.04. The molecule has 1 heterocycles. The fourth-order valence-corrected chi connectivity index (χ4v) is 2.70. The summed E-state index contributed by atoms with van der Waals surface area (Å²) < 4.78 is 16.0. The number of nitrogens with one attached hydrogen (secondary N) is 1. The van der Waals surface area contributed by atoms with Crippen molar-refractivity contribution in [1.82, 2.24) is 15.1 Å². The zero-order chi connectivity index (χ0) is 14.7. The highest BCUT2D eigenvalue weighted by atomic mass is 79.9. The minimum atomic E-state index is -0.291. The van der Waals surface area contributed by atoms with Crippen LogP contribution < -0.4 is 5.32 Å². The molecule has 6 heteroatoms. The van der Waals surface area contributed by atoms with E-state index in [-0.39, 0.29) is 11.9 Å². The highest BCUT2D eigenvalue weighted by molar-refractivity contribution is 9.10. The van der Waals surface area contributed by atoms with Crippen LogP contribution in [0.5, 0.6) is 0 Å². The first-order chi connectivity index (χ1) is 9.58. The van der Waals surface area contributed by atoms with Gasteiger partial charge in [0, 0.05) is 6.54 Å². The fourth-order valence-electron chi connectivity index (χ4n) is 2.20. The molecule has 2 rings (SSSR count). The Morgan fingerprint density at radius 3 is 2.85 bits per heavy atom. The SMILES string of the molecule is CCCn1ncc(Cl)c1C(NC)c1ccc(Br)c(F)c1. The van der Waals surface area contributed by atoms with Gasteiger partial charge in [-0.2, -0.15) is 5.10 Å². The first kappa shape index (κ1) is 15.5. The Morgan fingerprint density at radius 2 is 2.25 bits per heavy atom. The van der Waals surface area contributed by atoms with E-state index >= 15 is 0 Å². The van der Waals surface area contributed by atoms with Gasteiger partial charge < -0.3 is 5.32 Å². The van der Waals surface area contributed by atoms with E-state index in [0.717, 1.165) is 24.2 Å².